The number of likely N-dealkylation sites (N-methyl/N-ethyl adjacent to an activating group) is 4. The molecule has 4 amide bonds. The van der Waals surface area contributed by atoms with E-state index >= 15 is 0 Å². The molecule has 2 aromatic rings. The Morgan fingerprint density at radius 1 is 1.04 bits per heavy atom. The zero-order chi connectivity index (χ0) is 35.7. The van der Waals surface area contributed by atoms with Crippen molar-refractivity contribution in [1.82, 2.24) is 19.7 Å². The molecule has 0 radical (unpaired) electrons. The number of para-hydroxylation sites is 1. The zero-order valence-electron chi connectivity index (χ0n) is 28.0. The van der Waals surface area contributed by atoms with E-state index < -0.39 is 29.6 Å². The number of likely N-dealkylation sites (tertiary alicyclic amines) is 1. The topological polar surface area (TPSA) is 101 Å². The van der Waals surface area contributed by atoms with Gasteiger partial charge in [0.25, 0.3) is 5.91 Å². The van der Waals surface area contributed by atoms with Crippen LogP contribution in [0, 0.1) is 12.8 Å². The summed E-state index contributed by atoms with van der Waals surface area (Å²) in [5, 5.41) is 0.337. The number of amides is 4. The molecule has 260 valence electrons. The highest BCUT2D eigenvalue weighted by atomic mass is 35.5. The number of alkyl halides is 3. The van der Waals surface area contributed by atoms with Crippen molar-refractivity contribution in [1.29, 1.82) is 0 Å². The first-order valence-electron chi connectivity index (χ1n) is 15.4. The second-order valence-corrected chi connectivity index (χ2v) is 13.0. The van der Waals surface area contributed by atoms with Crippen LogP contribution in [0.2, 0.25) is 5.02 Å². The summed E-state index contributed by atoms with van der Waals surface area (Å²) in [5.74, 6) is -1.82. The molecule has 0 spiro atoms. The lowest BCUT2D eigenvalue weighted by Crippen LogP contribution is -2.57. The highest BCUT2D eigenvalue weighted by Crippen LogP contribution is 2.38. The molecule has 0 bridgehead atoms. The van der Waals surface area contributed by atoms with Gasteiger partial charge >= 0.3 is 6.18 Å². The molecule has 11 nitrogen and oxygen atoms in total. The quantitative estimate of drug-likeness (QED) is 0.332. The van der Waals surface area contributed by atoms with Gasteiger partial charge in [0, 0.05) is 71.6 Å². The van der Waals surface area contributed by atoms with Crippen molar-refractivity contribution in [2.24, 2.45) is 5.92 Å². The minimum absolute atomic E-state index is 0.0262. The lowest BCUT2D eigenvalue weighted by molar-refractivity contribution is -0.145. The molecular formula is C33H41ClF3N7O4. The highest BCUT2D eigenvalue weighted by molar-refractivity contribution is 6.34. The standard InChI is InChI=1S/C33H41ClF3N7O4/c1-20(17-39(3)4)30(46)43-18-22(19-43)31(47)41(6)14-13-40(5)29-24(34)9-8-10-25(29)42(7)32(48)26-11-12-28(45)44(26)27-16-23(33(35,36)37)15-21(2)38-27/h8-10,15-16,22,26H,1,11-14,17-19H2,2-7H3/t26-/m0/s1. The summed E-state index contributed by atoms with van der Waals surface area (Å²) >= 11 is 6.63. The van der Waals surface area contributed by atoms with E-state index in [1.165, 1.54) is 18.9 Å². The van der Waals surface area contributed by atoms with Gasteiger partial charge in [-0.1, -0.05) is 24.2 Å². The van der Waals surface area contributed by atoms with Gasteiger partial charge in [0.2, 0.25) is 17.7 Å². The smallest absolute Gasteiger partial charge is 0.370 e. The molecule has 2 aliphatic heterocycles. The van der Waals surface area contributed by atoms with Crippen molar-refractivity contribution in [2.75, 3.05) is 82.7 Å². The molecule has 2 aliphatic rings. The van der Waals surface area contributed by atoms with Gasteiger partial charge in [-0.15, -0.1) is 0 Å². The van der Waals surface area contributed by atoms with E-state index in [2.05, 4.69) is 11.6 Å². The highest BCUT2D eigenvalue weighted by Gasteiger charge is 2.42. The van der Waals surface area contributed by atoms with Gasteiger partial charge in [-0.3, -0.25) is 24.1 Å². The van der Waals surface area contributed by atoms with Crippen LogP contribution in [0.25, 0.3) is 0 Å². The fraction of sp³-hybridized carbons (Fsp3) is 0.485. The first kappa shape index (κ1) is 36.7. The van der Waals surface area contributed by atoms with Crippen molar-refractivity contribution < 1.29 is 32.3 Å². The number of nitrogens with zero attached hydrogens (tertiary/aromatic N) is 7. The summed E-state index contributed by atoms with van der Waals surface area (Å²) in [5.41, 5.74) is 0.493. The second kappa shape index (κ2) is 14.5. The predicted octanol–water partition coefficient (Wildman–Crippen LogP) is 3.69. The molecule has 1 aromatic carbocycles. The molecule has 15 heteroatoms. The molecule has 1 atom stereocenters. The number of rotatable bonds is 11. The molecule has 4 rings (SSSR count). The van der Waals surface area contributed by atoms with Gasteiger partial charge in [0.15, 0.2) is 0 Å². The number of anilines is 3. The number of hydrogen-bond acceptors (Lipinski definition) is 7. The number of carbonyl (C=O) groups is 4. The second-order valence-electron chi connectivity index (χ2n) is 12.6. The third kappa shape index (κ3) is 7.92. The Morgan fingerprint density at radius 3 is 2.33 bits per heavy atom. The molecule has 2 saturated heterocycles. The van der Waals surface area contributed by atoms with E-state index in [0.29, 0.717) is 54.7 Å². The maximum absolute atomic E-state index is 13.9. The molecule has 0 aliphatic carbocycles. The van der Waals surface area contributed by atoms with Crippen molar-refractivity contribution in [3.63, 3.8) is 0 Å². The van der Waals surface area contributed by atoms with Crippen molar-refractivity contribution >= 4 is 52.4 Å². The number of aromatic nitrogens is 1. The van der Waals surface area contributed by atoms with E-state index in [1.807, 2.05) is 23.9 Å². The number of benzene rings is 1. The first-order chi connectivity index (χ1) is 22.4. The van der Waals surface area contributed by atoms with Crippen LogP contribution in [0.1, 0.15) is 24.1 Å². The molecular weight excluding hydrogens is 651 g/mol. The average Bonchev–Trinajstić information content (AvgIpc) is 3.37. The third-order valence-corrected chi connectivity index (χ3v) is 8.83. The Kier molecular flexibility index (Phi) is 11.1. The third-order valence-electron chi connectivity index (χ3n) is 8.52. The normalized spacial score (nSPS) is 16.6. The van der Waals surface area contributed by atoms with Gasteiger partial charge in [-0.25, -0.2) is 4.98 Å². The summed E-state index contributed by atoms with van der Waals surface area (Å²) in [4.78, 5) is 65.9. The van der Waals surface area contributed by atoms with Crippen LogP contribution in [0.5, 0.6) is 0 Å². The van der Waals surface area contributed by atoms with Crippen molar-refractivity contribution in [2.45, 2.75) is 32.0 Å². The van der Waals surface area contributed by atoms with E-state index in [0.717, 1.165) is 17.0 Å². The molecule has 48 heavy (non-hydrogen) atoms. The molecule has 1 aromatic heterocycles. The fourth-order valence-corrected chi connectivity index (χ4v) is 6.26. The Bertz CT molecular complexity index is 1600. The molecule has 2 fully saturated rings. The maximum Gasteiger partial charge on any atom is 0.416 e. The number of halogens is 4. The molecule has 0 N–H and O–H groups in total. The summed E-state index contributed by atoms with van der Waals surface area (Å²) in [7, 11) is 8.67. The van der Waals surface area contributed by atoms with Gasteiger partial charge in [-0.05, 0) is 51.7 Å². The van der Waals surface area contributed by atoms with Crippen molar-refractivity contribution in [3.05, 3.63) is 58.8 Å². The number of carbonyl (C=O) groups excluding carboxylic acids is 4. The average molecular weight is 692 g/mol. The lowest BCUT2D eigenvalue weighted by Gasteiger charge is -2.40. The Morgan fingerprint density at radius 2 is 1.71 bits per heavy atom. The number of aryl methyl sites for hydroxylation is 1. The van der Waals surface area contributed by atoms with Gasteiger partial charge in [-0.2, -0.15) is 13.2 Å². The Hall–Kier alpha value is -4.17. The molecule has 3 heterocycles. The summed E-state index contributed by atoms with van der Waals surface area (Å²) < 4.78 is 40.7. The van der Waals surface area contributed by atoms with Gasteiger partial charge < -0.3 is 24.5 Å². The van der Waals surface area contributed by atoms with Crippen LogP contribution < -0.4 is 14.7 Å². The van der Waals surface area contributed by atoms with Gasteiger partial charge in [0.05, 0.1) is 27.9 Å². The lowest BCUT2D eigenvalue weighted by atomic mass is 9.97. The summed E-state index contributed by atoms with van der Waals surface area (Å²) in [6, 6.07) is 5.61. The fourth-order valence-electron chi connectivity index (χ4n) is 5.94. The number of pyridine rings is 1. The molecule has 0 saturated carbocycles. The van der Waals surface area contributed by atoms with Crippen LogP contribution >= 0.6 is 11.6 Å². The maximum atomic E-state index is 13.9. The van der Waals surface area contributed by atoms with Crippen LogP contribution in [-0.2, 0) is 25.4 Å². The van der Waals surface area contributed by atoms with Crippen LogP contribution in [0.3, 0.4) is 0 Å². The minimum Gasteiger partial charge on any atom is -0.370 e. The van der Waals surface area contributed by atoms with E-state index in [9.17, 15) is 32.3 Å². The van der Waals surface area contributed by atoms with E-state index in [-0.39, 0.29) is 42.1 Å². The van der Waals surface area contributed by atoms with E-state index in [4.69, 9.17) is 11.6 Å². The minimum atomic E-state index is -4.65. The summed E-state index contributed by atoms with van der Waals surface area (Å²) in [6.45, 7) is 6.99. The van der Waals surface area contributed by atoms with Crippen LogP contribution in [0.4, 0.5) is 30.4 Å². The molecule has 0 unspecified atom stereocenters. The monoisotopic (exact) mass is 691 g/mol. The first-order valence-corrected chi connectivity index (χ1v) is 15.8. The Labute approximate surface area is 283 Å². The SMILES string of the molecule is C=C(CN(C)C)C(=O)N1CC(C(=O)N(C)CCN(C)c2c(Cl)cccc2N(C)C(=O)[C@@H]2CCC(=O)N2c2cc(C(F)(F)F)cc(C)n2)C1. The van der Waals surface area contributed by atoms with Crippen molar-refractivity contribution in [3.8, 4) is 0 Å². The van der Waals surface area contributed by atoms with Crippen LogP contribution in [0.15, 0.2) is 42.5 Å². The van der Waals surface area contributed by atoms with E-state index in [1.54, 1.807) is 42.1 Å². The zero-order valence-corrected chi connectivity index (χ0v) is 28.7. The predicted molar refractivity (Wildman–Crippen MR) is 178 cm³/mol. The largest absolute Gasteiger partial charge is 0.416 e. The van der Waals surface area contributed by atoms with Gasteiger partial charge in [0.1, 0.15) is 11.9 Å². The summed E-state index contributed by atoms with van der Waals surface area (Å²) in [6.07, 6.45) is -4.58. The van der Waals surface area contributed by atoms with Crippen LogP contribution in [-0.4, -0.2) is 117 Å². The Balaban J connectivity index is 1.44. The number of hydrogen-bond donors (Lipinski definition) is 0.